The molecule has 15 nitrogen and oxygen atoms in total. The first-order valence-corrected chi connectivity index (χ1v) is 11.6. The van der Waals surface area contributed by atoms with Crippen molar-refractivity contribution in [3.05, 3.63) is 72.3 Å². The second-order valence-corrected chi connectivity index (χ2v) is 7.72. The largest absolute Gasteiger partial charge is 0.493 e. The van der Waals surface area contributed by atoms with Crippen molar-refractivity contribution >= 4 is 23.7 Å². The summed E-state index contributed by atoms with van der Waals surface area (Å²) >= 11 is 0. The number of benzene rings is 1. The van der Waals surface area contributed by atoms with Crippen LogP contribution >= 0.6 is 0 Å². The smallest absolute Gasteiger partial charge is 0.320 e. The molecule has 40 heavy (non-hydrogen) atoms. The second kappa shape index (κ2) is 12.6. The fourth-order valence-corrected chi connectivity index (χ4v) is 3.21. The second-order valence-electron chi connectivity index (χ2n) is 7.72. The van der Waals surface area contributed by atoms with Crippen LogP contribution in [0.3, 0.4) is 0 Å². The minimum Gasteiger partial charge on any atom is -0.493 e. The van der Waals surface area contributed by atoms with Gasteiger partial charge in [0, 0.05) is 12.4 Å². The average molecular weight is 546 g/mol. The molecule has 0 spiro atoms. The van der Waals surface area contributed by atoms with E-state index in [4.69, 9.17) is 25.7 Å². The summed E-state index contributed by atoms with van der Waals surface area (Å²) in [5, 5.41) is 5.18. The lowest BCUT2D eigenvalue weighted by molar-refractivity contribution is 0.0984. The van der Waals surface area contributed by atoms with E-state index in [1.54, 1.807) is 42.5 Å². The number of amides is 4. The number of para-hydroxylation sites is 2. The Labute approximate surface area is 226 Å². The van der Waals surface area contributed by atoms with Crippen LogP contribution in [0.5, 0.6) is 23.1 Å². The maximum absolute atomic E-state index is 12.4. The van der Waals surface area contributed by atoms with Gasteiger partial charge in [0.25, 0.3) is 17.7 Å². The Morgan fingerprint density at radius 3 is 2.33 bits per heavy atom. The van der Waals surface area contributed by atoms with Gasteiger partial charge in [-0.05, 0) is 30.3 Å². The molecule has 0 aliphatic heterocycles. The number of pyridine rings is 1. The SMILES string of the molecule is COc1ccccc1Oc1c(OCCNC(=O)Nc2ccccn2)nc(-c2nccc(C(N)=O)n2)nc1C(N)=O. The molecule has 204 valence electrons. The molecule has 4 rings (SSSR count). The number of carbonyl (C=O) groups excluding carboxylic acids is 3. The number of carbonyl (C=O) groups is 3. The van der Waals surface area contributed by atoms with E-state index in [0.717, 1.165) is 0 Å². The van der Waals surface area contributed by atoms with Crippen LogP contribution < -0.4 is 36.3 Å². The number of ether oxygens (including phenoxy) is 3. The van der Waals surface area contributed by atoms with E-state index in [1.165, 1.54) is 25.6 Å². The van der Waals surface area contributed by atoms with E-state index >= 15 is 0 Å². The normalized spacial score (nSPS) is 10.3. The van der Waals surface area contributed by atoms with Crippen LogP contribution in [0.4, 0.5) is 10.6 Å². The molecule has 0 fully saturated rings. The van der Waals surface area contributed by atoms with Crippen LogP contribution in [0.1, 0.15) is 21.0 Å². The molecular formula is C25H23N9O6. The molecule has 4 amide bonds. The van der Waals surface area contributed by atoms with Gasteiger partial charge in [-0.15, -0.1) is 0 Å². The summed E-state index contributed by atoms with van der Waals surface area (Å²) in [7, 11) is 1.44. The Kier molecular flexibility index (Phi) is 8.56. The lowest BCUT2D eigenvalue weighted by Crippen LogP contribution is -2.32. The summed E-state index contributed by atoms with van der Waals surface area (Å²) in [5.41, 5.74) is 10.5. The van der Waals surface area contributed by atoms with E-state index in [-0.39, 0.29) is 53.6 Å². The molecule has 0 aliphatic rings. The van der Waals surface area contributed by atoms with Gasteiger partial charge in [0.05, 0.1) is 13.7 Å². The van der Waals surface area contributed by atoms with Crippen molar-refractivity contribution in [1.29, 1.82) is 0 Å². The average Bonchev–Trinajstić information content (AvgIpc) is 2.96. The summed E-state index contributed by atoms with van der Waals surface area (Å²) in [6, 6.07) is 12.5. The molecule has 0 bridgehead atoms. The van der Waals surface area contributed by atoms with Crippen molar-refractivity contribution < 1.29 is 28.6 Å². The Morgan fingerprint density at radius 2 is 1.62 bits per heavy atom. The summed E-state index contributed by atoms with van der Waals surface area (Å²) in [6.45, 7) is -0.0968. The third-order valence-electron chi connectivity index (χ3n) is 4.99. The Bertz CT molecular complexity index is 1530. The number of nitrogens with one attached hydrogen (secondary N) is 2. The number of nitrogens with zero attached hydrogens (tertiary/aromatic N) is 5. The first kappa shape index (κ1) is 27.2. The molecule has 15 heteroatoms. The predicted molar refractivity (Wildman–Crippen MR) is 140 cm³/mol. The molecule has 0 saturated heterocycles. The van der Waals surface area contributed by atoms with Crippen LogP contribution in [0.15, 0.2) is 60.9 Å². The first-order valence-electron chi connectivity index (χ1n) is 11.6. The third kappa shape index (κ3) is 6.71. The summed E-state index contributed by atoms with van der Waals surface area (Å²) < 4.78 is 17.0. The highest BCUT2D eigenvalue weighted by atomic mass is 16.5. The lowest BCUT2D eigenvalue weighted by Gasteiger charge is -2.16. The Hall–Kier alpha value is -5.86. The van der Waals surface area contributed by atoms with Gasteiger partial charge in [-0.1, -0.05) is 18.2 Å². The highest BCUT2D eigenvalue weighted by Crippen LogP contribution is 2.38. The van der Waals surface area contributed by atoms with Gasteiger partial charge in [-0.3, -0.25) is 14.9 Å². The fraction of sp³-hybridized carbons (Fsp3) is 0.120. The van der Waals surface area contributed by atoms with Crippen molar-refractivity contribution in [2.24, 2.45) is 11.5 Å². The van der Waals surface area contributed by atoms with Gasteiger partial charge in [0.1, 0.15) is 18.1 Å². The van der Waals surface area contributed by atoms with E-state index < -0.39 is 17.8 Å². The number of hydrogen-bond donors (Lipinski definition) is 4. The van der Waals surface area contributed by atoms with E-state index in [2.05, 4.69) is 35.6 Å². The molecular weight excluding hydrogens is 522 g/mol. The van der Waals surface area contributed by atoms with Gasteiger partial charge in [0.15, 0.2) is 23.0 Å². The van der Waals surface area contributed by atoms with Gasteiger partial charge in [0.2, 0.25) is 11.6 Å². The number of methoxy groups -OCH3 is 1. The van der Waals surface area contributed by atoms with Crippen LogP contribution in [0.25, 0.3) is 11.6 Å². The van der Waals surface area contributed by atoms with E-state index in [9.17, 15) is 14.4 Å². The van der Waals surface area contributed by atoms with Gasteiger partial charge in [-0.25, -0.2) is 24.7 Å². The van der Waals surface area contributed by atoms with Crippen molar-refractivity contribution in [2.75, 3.05) is 25.6 Å². The maximum atomic E-state index is 12.4. The minimum atomic E-state index is -0.975. The molecule has 0 radical (unpaired) electrons. The molecule has 3 heterocycles. The zero-order valence-electron chi connectivity index (χ0n) is 21.0. The number of hydrogen-bond acceptors (Lipinski definition) is 11. The summed E-state index contributed by atoms with van der Waals surface area (Å²) in [5.74, 6) is -1.61. The lowest BCUT2D eigenvalue weighted by atomic mass is 10.3. The first-order chi connectivity index (χ1) is 19.4. The molecule has 3 aromatic heterocycles. The zero-order chi connectivity index (χ0) is 28.5. The Morgan fingerprint density at radius 1 is 0.850 bits per heavy atom. The highest BCUT2D eigenvalue weighted by Gasteiger charge is 2.25. The van der Waals surface area contributed by atoms with Crippen LogP contribution in [0.2, 0.25) is 0 Å². The standard InChI is InChI=1S/C25H23N9O6/c1-38-15-6-2-3-7-16(15)40-19-18(21(27)36)33-23(22-29-11-9-14(31-22)20(26)35)34-24(19)39-13-12-30-25(37)32-17-8-4-5-10-28-17/h2-11H,12-13H2,1H3,(H2,26,35)(H2,27,36)(H2,28,30,32,37). The number of aromatic nitrogens is 5. The molecule has 1 aromatic carbocycles. The number of urea groups is 1. The van der Waals surface area contributed by atoms with Crippen molar-refractivity contribution in [3.63, 3.8) is 0 Å². The third-order valence-corrected chi connectivity index (χ3v) is 4.99. The molecule has 0 aliphatic carbocycles. The summed E-state index contributed by atoms with van der Waals surface area (Å²) in [6.07, 6.45) is 2.81. The monoisotopic (exact) mass is 545 g/mol. The molecule has 0 saturated carbocycles. The number of anilines is 1. The van der Waals surface area contributed by atoms with Crippen LogP contribution in [-0.4, -0.2) is 63.0 Å². The predicted octanol–water partition coefficient (Wildman–Crippen LogP) is 1.53. The zero-order valence-corrected chi connectivity index (χ0v) is 21.0. The highest BCUT2D eigenvalue weighted by molar-refractivity contribution is 5.95. The Balaban J connectivity index is 1.64. The fourth-order valence-electron chi connectivity index (χ4n) is 3.21. The van der Waals surface area contributed by atoms with Gasteiger partial charge < -0.3 is 31.0 Å². The molecule has 4 aromatic rings. The van der Waals surface area contributed by atoms with Gasteiger partial charge >= 0.3 is 6.03 Å². The quantitative estimate of drug-likeness (QED) is 0.198. The maximum Gasteiger partial charge on any atom is 0.320 e. The topological polar surface area (TPSA) is 219 Å². The van der Waals surface area contributed by atoms with Gasteiger partial charge in [-0.2, -0.15) is 4.98 Å². The molecule has 0 atom stereocenters. The molecule has 0 unspecified atom stereocenters. The van der Waals surface area contributed by atoms with Crippen LogP contribution in [0, 0.1) is 0 Å². The van der Waals surface area contributed by atoms with E-state index in [1.807, 2.05) is 0 Å². The number of nitrogens with two attached hydrogens (primary N) is 2. The molecule has 6 N–H and O–H groups in total. The van der Waals surface area contributed by atoms with Crippen molar-refractivity contribution in [2.45, 2.75) is 0 Å². The van der Waals surface area contributed by atoms with Crippen LogP contribution in [-0.2, 0) is 0 Å². The summed E-state index contributed by atoms with van der Waals surface area (Å²) in [4.78, 5) is 56.8. The van der Waals surface area contributed by atoms with Crippen molar-refractivity contribution in [3.8, 4) is 34.8 Å². The van der Waals surface area contributed by atoms with Crippen molar-refractivity contribution in [1.82, 2.24) is 30.2 Å². The number of primary amides is 2. The minimum absolute atomic E-state index is 0.0195. The number of rotatable bonds is 11. The van der Waals surface area contributed by atoms with E-state index in [0.29, 0.717) is 11.6 Å².